The Morgan fingerprint density at radius 2 is 1.97 bits per heavy atom. The van der Waals surface area contributed by atoms with Crippen LogP contribution in [0.25, 0.3) is 0 Å². The molecule has 0 spiro atoms. The van der Waals surface area contributed by atoms with Crippen molar-refractivity contribution in [2.24, 2.45) is 5.92 Å². The number of hydrogen-bond acceptors (Lipinski definition) is 5. The lowest BCUT2D eigenvalue weighted by molar-refractivity contribution is -0.138. The normalized spacial score (nSPS) is 25.9. The van der Waals surface area contributed by atoms with E-state index in [0.717, 1.165) is 44.1 Å². The van der Waals surface area contributed by atoms with Gasteiger partial charge in [0.15, 0.2) is 0 Å². The maximum Gasteiger partial charge on any atom is 0.247 e. The van der Waals surface area contributed by atoms with Gasteiger partial charge in [0.25, 0.3) is 0 Å². The van der Waals surface area contributed by atoms with E-state index >= 15 is 0 Å². The Labute approximate surface area is 189 Å². The fourth-order valence-corrected chi connectivity index (χ4v) is 4.87. The Hall–Kier alpha value is -2.38. The van der Waals surface area contributed by atoms with E-state index in [4.69, 9.17) is 4.74 Å². The predicted octanol–water partition coefficient (Wildman–Crippen LogP) is 2.13. The highest BCUT2D eigenvalue weighted by Gasteiger charge is 2.51. The Morgan fingerprint density at radius 1 is 1.19 bits per heavy atom. The molecule has 3 N–H and O–H groups in total. The molecule has 174 valence electrons. The van der Waals surface area contributed by atoms with Crippen LogP contribution in [0.15, 0.2) is 35.9 Å². The second kappa shape index (κ2) is 10.0. The van der Waals surface area contributed by atoms with Crippen LogP contribution in [0, 0.1) is 5.92 Å². The minimum absolute atomic E-state index is 0.0212. The zero-order chi connectivity index (χ0) is 22.7. The first-order valence-electron chi connectivity index (χ1n) is 11.9. The molecular weight excluding hydrogens is 408 g/mol. The number of nitrogens with zero attached hydrogens (tertiary/aromatic N) is 1. The van der Waals surface area contributed by atoms with Crippen molar-refractivity contribution >= 4 is 11.8 Å². The molecule has 7 heteroatoms. The van der Waals surface area contributed by atoms with Crippen molar-refractivity contribution < 1.29 is 24.5 Å². The number of carbonyl (C=O) groups excluding carboxylic acids is 2. The van der Waals surface area contributed by atoms with Gasteiger partial charge in [-0.3, -0.25) is 9.59 Å². The summed E-state index contributed by atoms with van der Waals surface area (Å²) in [4.78, 5) is 28.0. The summed E-state index contributed by atoms with van der Waals surface area (Å²) in [5.41, 5.74) is 1.36. The smallest absolute Gasteiger partial charge is 0.247 e. The standard InChI is InChI=1S/C25H34N2O5/c1-2-3-4-7-13-27(25(31)16-10-11-16)19-15-18(24(30)26-12-14-28)21-17-8-5-6-9-20(17)32-23(21)22(19)29/h5-6,8-9,15-16,19,21-23,28-29H,2-4,7,10-14H2,1H3,(H,26,30)/t19-,21+,22+,23+/m1/s1. The largest absolute Gasteiger partial charge is 0.486 e. The van der Waals surface area contributed by atoms with Gasteiger partial charge in [-0.1, -0.05) is 44.4 Å². The van der Waals surface area contributed by atoms with Gasteiger partial charge in [-0.2, -0.15) is 0 Å². The predicted molar refractivity (Wildman–Crippen MR) is 120 cm³/mol. The van der Waals surface area contributed by atoms with Crippen LogP contribution in [0.1, 0.15) is 56.9 Å². The van der Waals surface area contributed by atoms with E-state index in [-0.39, 0.29) is 30.9 Å². The third-order valence-electron chi connectivity index (χ3n) is 6.70. The molecule has 1 aliphatic heterocycles. The second-order valence-corrected chi connectivity index (χ2v) is 9.05. The molecule has 32 heavy (non-hydrogen) atoms. The molecule has 0 radical (unpaired) electrons. The van der Waals surface area contributed by atoms with Gasteiger partial charge in [-0.05, 0) is 31.4 Å². The first-order valence-corrected chi connectivity index (χ1v) is 11.9. The van der Waals surface area contributed by atoms with Gasteiger partial charge >= 0.3 is 0 Å². The molecule has 7 nitrogen and oxygen atoms in total. The molecule has 1 saturated carbocycles. The minimum atomic E-state index is -0.935. The van der Waals surface area contributed by atoms with Gasteiger partial charge < -0.3 is 25.2 Å². The zero-order valence-corrected chi connectivity index (χ0v) is 18.7. The molecule has 0 bridgehead atoms. The van der Waals surface area contributed by atoms with Crippen LogP contribution in [0.3, 0.4) is 0 Å². The number of ether oxygens (including phenoxy) is 1. The van der Waals surface area contributed by atoms with Crippen LogP contribution >= 0.6 is 0 Å². The average molecular weight is 443 g/mol. The van der Waals surface area contributed by atoms with Crippen molar-refractivity contribution in [2.45, 2.75) is 69.6 Å². The Kier molecular flexibility index (Phi) is 7.16. The highest BCUT2D eigenvalue weighted by molar-refractivity contribution is 5.96. The van der Waals surface area contributed by atoms with Crippen molar-refractivity contribution in [2.75, 3.05) is 19.7 Å². The minimum Gasteiger partial charge on any atom is -0.486 e. The van der Waals surface area contributed by atoms with Crippen molar-refractivity contribution in [1.29, 1.82) is 0 Å². The SMILES string of the molecule is CCCCCCN(C(=O)C1CC1)[C@@H]1C=C(C(=O)NCCO)[C@@H]2c3ccccc3O[C@@H]2[C@H]1O. The lowest BCUT2D eigenvalue weighted by Crippen LogP contribution is -2.56. The lowest BCUT2D eigenvalue weighted by Gasteiger charge is -2.41. The molecule has 1 fully saturated rings. The third kappa shape index (κ3) is 4.55. The summed E-state index contributed by atoms with van der Waals surface area (Å²) in [6.45, 7) is 2.69. The van der Waals surface area contributed by atoms with Crippen LogP contribution in [0.5, 0.6) is 5.75 Å². The maximum atomic E-state index is 13.2. The highest BCUT2D eigenvalue weighted by atomic mass is 16.5. The summed E-state index contributed by atoms with van der Waals surface area (Å²) in [6, 6.07) is 6.90. The number of carbonyl (C=O) groups is 2. The van der Waals surface area contributed by atoms with Gasteiger partial charge in [-0.15, -0.1) is 0 Å². The number of para-hydroxylation sites is 1. The average Bonchev–Trinajstić information content (AvgIpc) is 3.58. The van der Waals surface area contributed by atoms with Crippen molar-refractivity contribution in [3.05, 3.63) is 41.5 Å². The first-order chi connectivity index (χ1) is 15.6. The monoisotopic (exact) mass is 442 g/mol. The molecule has 0 unspecified atom stereocenters. The van der Waals surface area contributed by atoms with Crippen LogP contribution in [-0.2, 0) is 9.59 Å². The van der Waals surface area contributed by atoms with Crippen molar-refractivity contribution in [1.82, 2.24) is 10.2 Å². The number of fused-ring (bicyclic) bond motifs is 3. The van der Waals surface area contributed by atoms with Gasteiger partial charge in [0.2, 0.25) is 11.8 Å². The third-order valence-corrected chi connectivity index (χ3v) is 6.70. The molecule has 1 aromatic carbocycles. The number of aliphatic hydroxyl groups is 2. The number of aliphatic hydroxyl groups excluding tert-OH is 2. The molecule has 1 heterocycles. The number of nitrogens with one attached hydrogen (secondary N) is 1. The summed E-state index contributed by atoms with van der Waals surface area (Å²) >= 11 is 0. The van der Waals surface area contributed by atoms with Gasteiger partial charge in [0.1, 0.15) is 18.0 Å². The first kappa shape index (κ1) is 22.8. The summed E-state index contributed by atoms with van der Waals surface area (Å²) in [5, 5.41) is 23.3. The fourth-order valence-electron chi connectivity index (χ4n) is 4.87. The second-order valence-electron chi connectivity index (χ2n) is 9.05. The zero-order valence-electron chi connectivity index (χ0n) is 18.7. The van der Waals surface area contributed by atoms with Crippen LogP contribution in [0.4, 0.5) is 0 Å². The van der Waals surface area contributed by atoms with E-state index < -0.39 is 24.2 Å². The van der Waals surface area contributed by atoms with E-state index in [1.807, 2.05) is 24.3 Å². The number of unbranched alkanes of at least 4 members (excludes halogenated alkanes) is 3. The molecule has 2 aliphatic carbocycles. The Bertz CT molecular complexity index is 866. The van der Waals surface area contributed by atoms with E-state index in [2.05, 4.69) is 12.2 Å². The van der Waals surface area contributed by atoms with Crippen molar-refractivity contribution in [3.8, 4) is 5.75 Å². The fraction of sp³-hybridized carbons (Fsp3) is 0.600. The quantitative estimate of drug-likeness (QED) is 0.482. The number of benzene rings is 1. The van der Waals surface area contributed by atoms with Crippen LogP contribution < -0.4 is 10.1 Å². The molecule has 2 amide bonds. The molecule has 4 rings (SSSR count). The van der Waals surface area contributed by atoms with Crippen LogP contribution in [0.2, 0.25) is 0 Å². The van der Waals surface area contributed by atoms with Gasteiger partial charge in [-0.25, -0.2) is 0 Å². The summed E-state index contributed by atoms with van der Waals surface area (Å²) in [7, 11) is 0. The Balaban J connectivity index is 1.66. The molecule has 4 atom stereocenters. The lowest BCUT2D eigenvalue weighted by atomic mass is 9.77. The van der Waals surface area contributed by atoms with E-state index in [0.29, 0.717) is 17.9 Å². The highest BCUT2D eigenvalue weighted by Crippen LogP contribution is 2.47. The number of rotatable bonds is 10. The van der Waals surface area contributed by atoms with E-state index in [1.54, 1.807) is 11.0 Å². The molecule has 0 saturated heterocycles. The number of amides is 2. The molecule has 0 aromatic heterocycles. The summed E-state index contributed by atoms with van der Waals surface area (Å²) < 4.78 is 6.13. The summed E-state index contributed by atoms with van der Waals surface area (Å²) in [6.07, 6.45) is 6.06. The van der Waals surface area contributed by atoms with Crippen molar-refractivity contribution in [3.63, 3.8) is 0 Å². The topological polar surface area (TPSA) is 99.1 Å². The summed E-state index contributed by atoms with van der Waals surface area (Å²) in [5.74, 6) is 0.0370. The molecule has 3 aliphatic rings. The van der Waals surface area contributed by atoms with Gasteiger partial charge in [0, 0.05) is 30.1 Å². The van der Waals surface area contributed by atoms with Gasteiger partial charge in [0.05, 0.1) is 18.6 Å². The molecular formula is C25H34N2O5. The Morgan fingerprint density at radius 3 is 2.69 bits per heavy atom. The maximum absolute atomic E-state index is 13.2. The van der Waals surface area contributed by atoms with Crippen LogP contribution in [-0.4, -0.2) is 64.9 Å². The van der Waals surface area contributed by atoms with E-state index in [9.17, 15) is 19.8 Å². The number of hydrogen-bond donors (Lipinski definition) is 3. The molecule has 1 aromatic rings. The van der Waals surface area contributed by atoms with E-state index in [1.165, 1.54) is 0 Å².